The summed E-state index contributed by atoms with van der Waals surface area (Å²) in [4.78, 5) is 16.3. The number of benzene rings is 1. The summed E-state index contributed by atoms with van der Waals surface area (Å²) in [7, 11) is 0. The molecule has 1 aromatic carbocycles. The van der Waals surface area contributed by atoms with Gasteiger partial charge in [-0.05, 0) is 24.3 Å². The second-order valence-corrected chi connectivity index (χ2v) is 6.81. The van der Waals surface area contributed by atoms with Crippen LogP contribution in [-0.4, -0.2) is 33.8 Å². The van der Waals surface area contributed by atoms with Crippen molar-refractivity contribution in [2.24, 2.45) is 5.73 Å². The predicted octanol–water partition coefficient (Wildman–Crippen LogP) is 4.24. The van der Waals surface area contributed by atoms with Crippen molar-refractivity contribution in [2.75, 3.05) is 17.7 Å². The van der Waals surface area contributed by atoms with E-state index in [1.807, 2.05) is 0 Å². The Kier molecular flexibility index (Phi) is 8.42. The summed E-state index contributed by atoms with van der Waals surface area (Å²) in [6.07, 6.45) is 0.869. The monoisotopic (exact) mass is 478 g/mol. The SMILES string of the molecule is Cl.NCC(CCl)Oc1sncc1NC(=O)c1ccc(F)c(-c2c(F)cccc2F)n1. The van der Waals surface area contributed by atoms with Crippen LogP contribution >= 0.6 is 35.5 Å². The molecule has 160 valence electrons. The first kappa shape index (κ1) is 23.9. The van der Waals surface area contributed by atoms with Crippen molar-refractivity contribution < 1.29 is 22.7 Å². The van der Waals surface area contributed by atoms with Gasteiger partial charge in [-0.15, -0.1) is 24.0 Å². The summed E-state index contributed by atoms with van der Waals surface area (Å²) in [6.45, 7) is 0.159. The zero-order valence-electron chi connectivity index (χ0n) is 15.1. The number of nitrogens with one attached hydrogen (secondary N) is 1. The number of carbonyl (C=O) groups is 1. The topological polar surface area (TPSA) is 90.1 Å². The van der Waals surface area contributed by atoms with Gasteiger partial charge in [0, 0.05) is 18.1 Å². The van der Waals surface area contributed by atoms with Crippen molar-refractivity contribution >= 4 is 47.1 Å². The summed E-state index contributed by atoms with van der Waals surface area (Å²) in [5, 5.41) is 2.79. The summed E-state index contributed by atoms with van der Waals surface area (Å²) in [5.74, 6) is -3.58. The van der Waals surface area contributed by atoms with Crippen LogP contribution in [0.1, 0.15) is 10.5 Å². The highest BCUT2D eigenvalue weighted by Crippen LogP contribution is 2.31. The third-order valence-electron chi connectivity index (χ3n) is 3.77. The maximum Gasteiger partial charge on any atom is 0.274 e. The largest absolute Gasteiger partial charge is 0.475 e. The van der Waals surface area contributed by atoms with Gasteiger partial charge in [-0.3, -0.25) is 4.79 Å². The van der Waals surface area contributed by atoms with E-state index in [-0.39, 0.29) is 41.3 Å². The van der Waals surface area contributed by atoms with Gasteiger partial charge in [-0.2, -0.15) is 4.37 Å². The molecule has 0 fully saturated rings. The minimum atomic E-state index is -0.999. The average Bonchev–Trinajstić information content (AvgIpc) is 3.13. The number of rotatable bonds is 7. The Morgan fingerprint density at radius 3 is 2.53 bits per heavy atom. The molecule has 1 atom stereocenters. The van der Waals surface area contributed by atoms with Gasteiger partial charge >= 0.3 is 0 Å². The normalized spacial score (nSPS) is 11.5. The maximum atomic E-state index is 14.2. The number of ether oxygens (including phenoxy) is 1. The number of hydrogen-bond donors (Lipinski definition) is 2. The molecule has 0 radical (unpaired) electrons. The van der Waals surface area contributed by atoms with Crippen molar-refractivity contribution in [2.45, 2.75) is 6.10 Å². The molecule has 12 heteroatoms. The fourth-order valence-corrected chi connectivity index (χ4v) is 3.17. The Labute approximate surface area is 184 Å². The summed E-state index contributed by atoms with van der Waals surface area (Å²) < 4.78 is 51.7. The molecule has 0 bridgehead atoms. The number of alkyl halides is 1. The highest BCUT2D eigenvalue weighted by Gasteiger charge is 2.21. The standard InChI is InChI=1S/C18H14ClF3N4O2S.ClH/c19-6-9(7-23)28-18-14(8-24-29-18)26-17(27)13-5-4-12(22)16(25-13)15-10(20)2-1-3-11(15)21;/h1-5,8-9H,6-7,23H2,(H,26,27);1H. The lowest BCUT2D eigenvalue weighted by Crippen LogP contribution is -2.28. The van der Waals surface area contributed by atoms with Crippen LogP contribution in [0.3, 0.4) is 0 Å². The number of amides is 1. The Bertz CT molecular complexity index is 1010. The Morgan fingerprint density at radius 1 is 1.20 bits per heavy atom. The molecular formula is C18H15Cl2F3N4O2S. The van der Waals surface area contributed by atoms with E-state index in [2.05, 4.69) is 14.7 Å². The number of hydrogen-bond acceptors (Lipinski definition) is 6. The van der Waals surface area contributed by atoms with Gasteiger partial charge in [0.15, 0.2) is 0 Å². The first-order chi connectivity index (χ1) is 13.9. The number of nitrogens with zero attached hydrogens (tertiary/aromatic N) is 2. The van der Waals surface area contributed by atoms with E-state index >= 15 is 0 Å². The van der Waals surface area contributed by atoms with Crippen LogP contribution in [-0.2, 0) is 0 Å². The Hall–Kier alpha value is -2.40. The molecule has 3 rings (SSSR count). The average molecular weight is 479 g/mol. The van der Waals surface area contributed by atoms with Crippen molar-refractivity contribution in [1.29, 1.82) is 0 Å². The molecule has 6 nitrogen and oxygen atoms in total. The number of carbonyl (C=O) groups excluding carboxylic acids is 1. The second kappa shape index (κ2) is 10.6. The second-order valence-electron chi connectivity index (χ2n) is 5.73. The van der Waals surface area contributed by atoms with E-state index in [0.29, 0.717) is 0 Å². The summed E-state index contributed by atoms with van der Waals surface area (Å²) in [5.41, 5.74) is 4.24. The number of aromatic nitrogens is 2. The quantitative estimate of drug-likeness (QED) is 0.495. The zero-order valence-corrected chi connectivity index (χ0v) is 17.5. The summed E-state index contributed by atoms with van der Waals surface area (Å²) in [6, 6.07) is 5.08. The highest BCUT2D eigenvalue weighted by molar-refractivity contribution is 7.08. The van der Waals surface area contributed by atoms with Crippen LogP contribution in [0.4, 0.5) is 18.9 Å². The predicted molar refractivity (Wildman–Crippen MR) is 111 cm³/mol. The molecule has 0 saturated heterocycles. The third-order valence-corrected chi connectivity index (χ3v) is 4.81. The van der Waals surface area contributed by atoms with Crippen LogP contribution in [0.2, 0.25) is 0 Å². The fourth-order valence-electron chi connectivity index (χ4n) is 2.35. The lowest BCUT2D eigenvalue weighted by Gasteiger charge is -2.14. The molecule has 3 aromatic rings. The Morgan fingerprint density at radius 2 is 1.90 bits per heavy atom. The fraction of sp³-hybridized carbons (Fsp3) is 0.167. The first-order valence-corrected chi connectivity index (χ1v) is 9.55. The number of pyridine rings is 1. The van der Waals surface area contributed by atoms with Crippen LogP contribution in [0, 0.1) is 17.5 Å². The van der Waals surface area contributed by atoms with Crippen LogP contribution in [0.25, 0.3) is 11.3 Å². The smallest absolute Gasteiger partial charge is 0.274 e. The van der Waals surface area contributed by atoms with Crippen LogP contribution in [0.15, 0.2) is 36.5 Å². The third kappa shape index (κ3) is 5.20. The van der Waals surface area contributed by atoms with E-state index in [4.69, 9.17) is 22.1 Å². The zero-order chi connectivity index (χ0) is 21.0. The maximum absolute atomic E-state index is 14.2. The number of halogens is 5. The molecule has 3 N–H and O–H groups in total. The molecule has 0 spiro atoms. The molecule has 1 amide bonds. The van der Waals surface area contributed by atoms with Crippen molar-refractivity contribution in [1.82, 2.24) is 9.36 Å². The van der Waals surface area contributed by atoms with E-state index < -0.39 is 40.7 Å². The van der Waals surface area contributed by atoms with Gasteiger partial charge in [0.05, 0.1) is 17.6 Å². The molecule has 30 heavy (non-hydrogen) atoms. The van der Waals surface area contributed by atoms with Crippen molar-refractivity contribution in [3.63, 3.8) is 0 Å². The van der Waals surface area contributed by atoms with Crippen molar-refractivity contribution in [3.05, 3.63) is 59.7 Å². The lowest BCUT2D eigenvalue weighted by atomic mass is 10.1. The molecule has 2 aromatic heterocycles. The molecule has 0 saturated carbocycles. The van der Waals surface area contributed by atoms with E-state index in [9.17, 15) is 18.0 Å². The molecule has 0 aliphatic rings. The van der Waals surface area contributed by atoms with Gasteiger partial charge in [-0.1, -0.05) is 6.07 Å². The van der Waals surface area contributed by atoms with Gasteiger partial charge in [0.1, 0.15) is 40.6 Å². The minimum absolute atomic E-state index is 0. The minimum Gasteiger partial charge on any atom is -0.475 e. The van der Waals surface area contributed by atoms with Crippen LogP contribution < -0.4 is 15.8 Å². The van der Waals surface area contributed by atoms with E-state index in [1.54, 1.807) is 0 Å². The van der Waals surface area contributed by atoms with Gasteiger partial charge in [0.25, 0.3) is 5.91 Å². The number of anilines is 1. The first-order valence-electron chi connectivity index (χ1n) is 8.24. The van der Waals surface area contributed by atoms with Crippen LogP contribution in [0.5, 0.6) is 5.06 Å². The molecule has 0 aliphatic heterocycles. The Balaban J connectivity index is 0.00000320. The van der Waals surface area contributed by atoms with Crippen molar-refractivity contribution in [3.8, 4) is 16.3 Å². The van der Waals surface area contributed by atoms with Gasteiger partial charge < -0.3 is 15.8 Å². The lowest BCUT2D eigenvalue weighted by molar-refractivity contribution is 0.102. The van der Waals surface area contributed by atoms with E-state index in [1.165, 1.54) is 6.20 Å². The molecule has 0 aliphatic carbocycles. The van der Waals surface area contributed by atoms with Gasteiger partial charge in [-0.25, -0.2) is 18.2 Å². The molecule has 1 unspecified atom stereocenters. The molecular weight excluding hydrogens is 464 g/mol. The molecule has 2 heterocycles. The van der Waals surface area contributed by atoms with Gasteiger partial charge in [0.2, 0.25) is 5.06 Å². The van der Waals surface area contributed by atoms with E-state index in [0.717, 1.165) is 41.9 Å². The summed E-state index contributed by atoms with van der Waals surface area (Å²) >= 11 is 6.71. The highest BCUT2D eigenvalue weighted by atomic mass is 35.5. The number of nitrogens with two attached hydrogens (primary N) is 1.